The first-order valence-electron chi connectivity index (χ1n) is 5.32. The summed E-state index contributed by atoms with van der Waals surface area (Å²) in [5.74, 6) is -0.608. The van der Waals surface area contributed by atoms with Crippen molar-refractivity contribution in [2.24, 2.45) is 0 Å². The first-order valence-corrected chi connectivity index (χ1v) is 6.37. The maximum atomic E-state index is 12.0. The van der Waals surface area contributed by atoms with Crippen LogP contribution in [0, 0.1) is 0 Å². The minimum Gasteiger partial charge on any atom is -0.480 e. The summed E-state index contributed by atoms with van der Waals surface area (Å²) in [4.78, 5) is 24.5. The molecule has 5 heteroatoms. The van der Waals surface area contributed by atoms with Gasteiger partial charge in [0.1, 0.15) is 6.04 Å². The van der Waals surface area contributed by atoms with Crippen molar-refractivity contribution in [1.82, 2.24) is 4.90 Å². The van der Waals surface area contributed by atoms with Crippen molar-refractivity contribution in [2.45, 2.75) is 38.6 Å². The summed E-state index contributed by atoms with van der Waals surface area (Å²) in [5, 5.41) is 8.97. The molecule has 1 aliphatic rings. The largest absolute Gasteiger partial charge is 0.480 e. The summed E-state index contributed by atoms with van der Waals surface area (Å²) in [6, 6.07) is -0.687. The molecule has 0 bridgehead atoms. The van der Waals surface area contributed by atoms with E-state index in [9.17, 15) is 9.59 Å². The lowest BCUT2D eigenvalue weighted by molar-refractivity contribution is -0.147. The molecule has 0 radical (unpaired) electrons. The van der Waals surface area contributed by atoms with Crippen LogP contribution in [-0.4, -0.2) is 39.1 Å². The number of amides is 1. The van der Waals surface area contributed by atoms with E-state index in [2.05, 4.69) is 0 Å². The van der Waals surface area contributed by atoms with E-state index in [1.165, 1.54) is 16.7 Å². The lowest BCUT2D eigenvalue weighted by atomic mass is 10.2. The van der Waals surface area contributed by atoms with Gasteiger partial charge in [0.25, 0.3) is 5.91 Å². The first-order chi connectivity index (χ1) is 7.49. The number of carboxylic acid groups (broad SMARTS) is 1. The Labute approximate surface area is 99.7 Å². The highest BCUT2D eigenvalue weighted by molar-refractivity contribution is 8.00. The van der Waals surface area contributed by atoms with E-state index in [4.69, 9.17) is 5.11 Å². The van der Waals surface area contributed by atoms with Gasteiger partial charge >= 0.3 is 5.97 Å². The van der Waals surface area contributed by atoms with Crippen molar-refractivity contribution >= 4 is 23.6 Å². The number of rotatable bonds is 3. The smallest absolute Gasteiger partial charge is 0.327 e. The molecule has 0 aromatic heterocycles. The Bertz CT molecular complexity index is 327. The number of hydrogen-bond donors (Lipinski definition) is 1. The minimum atomic E-state index is -0.922. The molecule has 1 amide bonds. The van der Waals surface area contributed by atoms with Crippen LogP contribution in [0.1, 0.15) is 27.2 Å². The molecule has 1 heterocycles. The Balaban J connectivity index is 2.87. The van der Waals surface area contributed by atoms with Gasteiger partial charge in [-0.1, -0.05) is 13.0 Å². The topological polar surface area (TPSA) is 57.6 Å². The number of carbonyl (C=O) groups excluding carboxylic acids is 1. The van der Waals surface area contributed by atoms with Gasteiger partial charge < -0.3 is 10.0 Å². The fourth-order valence-electron chi connectivity index (χ4n) is 1.74. The molecule has 0 aromatic rings. The number of carboxylic acids is 1. The van der Waals surface area contributed by atoms with E-state index in [0.717, 1.165) is 6.42 Å². The van der Waals surface area contributed by atoms with Gasteiger partial charge in [-0.2, -0.15) is 0 Å². The predicted octanol–water partition coefficient (Wildman–Crippen LogP) is 1.72. The van der Waals surface area contributed by atoms with E-state index in [1.807, 2.05) is 19.9 Å². The molecule has 0 aliphatic carbocycles. The van der Waals surface area contributed by atoms with Crippen LogP contribution >= 0.6 is 11.8 Å². The second kappa shape index (κ2) is 5.39. The zero-order valence-corrected chi connectivity index (χ0v) is 10.6. The molecule has 1 rings (SSSR count). The van der Waals surface area contributed by atoms with E-state index < -0.39 is 12.0 Å². The van der Waals surface area contributed by atoms with Crippen LogP contribution in [0.5, 0.6) is 0 Å². The van der Waals surface area contributed by atoms with E-state index >= 15 is 0 Å². The molecule has 0 saturated carbocycles. The molecule has 2 unspecified atom stereocenters. The Morgan fingerprint density at radius 3 is 2.69 bits per heavy atom. The lowest BCUT2D eigenvalue weighted by Crippen LogP contribution is -2.45. The third-order valence-electron chi connectivity index (χ3n) is 2.59. The molecule has 1 fully saturated rings. The molecule has 1 aliphatic heterocycles. The van der Waals surface area contributed by atoms with Crippen LogP contribution in [0.3, 0.4) is 0 Å². The van der Waals surface area contributed by atoms with Crippen molar-refractivity contribution < 1.29 is 14.7 Å². The highest BCUT2D eigenvalue weighted by Crippen LogP contribution is 2.30. The third-order valence-corrected chi connectivity index (χ3v) is 3.81. The molecule has 16 heavy (non-hydrogen) atoms. The molecule has 90 valence electrons. The summed E-state index contributed by atoms with van der Waals surface area (Å²) < 4.78 is 0. The summed E-state index contributed by atoms with van der Waals surface area (Å²) in [5.41, 5.74) is 0.628. The Morgan fingerprint density at radius 2 is 2.19 bits per heavy atom. The molecule has 0 aromatic carbocycles. The van der Waals surface area contributed by atoms with Gasteiger partial charge in [-0.05, 0) is 20.3 Å². The average Bonchev–Trinajstić information content (AvgIpc) is 2.59. The number of nitrogens with zero attached hydrogens (tertiary/aromatic N) is 1. The van der Waals surface area contributed by atoms with Gasteiger partial charge in [-0.3, -0.25) is 4.79 Å². The van der Waals surface area contributed by atoms with Crippen LogP contribution in [0.4, 0.5) is 0 Å². The zero-order valence-electron chi connectivity index (χ0n) is 9.77. The number of allylic oxidation sites excluding steroid dienone is 1. The zero-order chi connectivity index (χ0) is 12.3. The van der Waals surface area contributed by atoms with Crippen LogP contribution in [0.2, 0.25) is 0 Å². The normalized spacial score (nSPS) is 25.9. The van der Waals surface area contributed by atoms with Crippen LogP contribution in [-0.2, 0) is 9.59 Å². The van der Waals surface area contributed by atoms with Crippen molar-refractivity contribution in [3.05, 3.63) is 11.6 Å². The average molecular weight is 243 g/mol. The third kappa shape index (κ3) is 2.58. The van der Waals surface area contributed by atoms with Crippen molar-refractivity contribution in [1.29, 1.82) is 0 Å². The molecule has 4 nitrogen and oxygen atoms in total. The number of hydrogen-bond acceptors (Lipinski definition) is 3. The summed E-state index contributed by atoms with van der Waals surface area (Å²) in [6.07, 6.45) is 2.61. The van der Waals surface area contributed by atoms with Crippen molar-refractivity contribution in [3.63, 3.8) is 0 Å². The molecular weight excluding hydrogens is 226 g/mol. The fraction of sp³-hybridized carbons (Fsp3) is 0.636. The Hall–Kier alpha value is -0.970. The van der Waals surface area contributed by atoms with Gasteiger partial charge in [0.05, 0.1) is 5.37 Å². The maximum absolute atomic E-state index is 12.0. The highest BCUT2D eigenvalue weighted by Gasteiger charge is 2.39. The second-order valence-corrected chi connectivity index (χ2v) is 5.14. The van der Waals surface area contributed by atoms with Gasteiger partial charge in [0.15, 0.2) is 0 Å². The quantitative estimate of drug-likeness (QED) is 0.767. The van der Waals surface area contributed by atoms with E-state index in [-0.39, 0.29) is 11.3 Å². The summed E-state index contributed by atoms with van der Waals surface area (Å²) in [6.45, 7) is 5.55. The van der Waals surface area contributed by atoms with Crippen molar-refractivity contribution in [3.8, 4) is 0 Å². The number of carbonyl (C=O) groups is 2. The van der Waals surface area contributed by atoms with Gasteiger partial charge in [0, 0.05) is 11.3 Å². The molecule has 2 atom stereocenters. The van der Waals surface area contributed by atoms with Crippen molar-refractivity contribution in [2.75, 3.05) is 5.75 Å². The summed E-state index contributed by atoms with van der Waals surface area (Å²) >= 11 is 1.50. The van der Waals surface area contributed by atoms with E-state index in [1.54, 1.807) is 6.92 Å². The monoisotopic (exact) mass is 243 g/mol. The standard InChI is InChI=1S/C11H17NO3S/c1-4-5-7(2)10(13)12-8(3)16-6-9(12)11(14)15/h5,8-9H,4,6H2,1-3H3,(H,14,15). The molecular formula is C11H17NO3S. The molecule has 1 saturated heterocycles. The first kappa shape index (κ1) is 13.1. The molecule has 0 spiro atoms. The van der Waals surface area contributed by atoms with Crippen LogP contribution in [0.15, 0.2) is 11.6 Å². The Morgan fingerprint density at radius 1 is 1.56 bits per heavy atom. The van der Waals surface area contributed by atoms with Gasteiger partial charge in [-0.15, -0.1) is 11.8 Å². The second-order valence-electron chi connectivity index (χ2n) is 3.79. The SMILES string of the molecule is CCC=C(C)C(=O)N1C(C)SCC1C(=O)O. The van der Waals surface area contributed by atoms with Crippen LogP contribution in [0.25, 0.3) is 0 Å². The molecule has 1 N–H and O–H groups in total. The van der Waals surface area contributed by atoms with Crippen LogP contribution < -0.4 is 0 Å². The Kier molecular flexibility index (Phi) is 4.41. The number of aliphatic carboxylic acids is 1. The summed E-state index contributed by atoms with van der Waals surface area (Å²) in [7, 11) is 0. The maximum Gasteiger partial charge on any atom is 0.327 e. The highest BCUT2D eigenvalue weighted by atomic mass is 32.2. The number of thioether (sulfide) groups is 1. The van der Waals surface area contributed by atoms with E-state index in [0.29, 0.717) is 11.3 Å². The fourth-order valence-corrected chi connectivity index (χ4v) is 2.91. The van der Waals surface area contributed by atoms with Gasteiger partial charge in [0.2, 0.25) is 0 Å². The minimum absolute atomic E-state index is 0.0613. The lowest BCUT2D eigenvalue weighted by Gasteiger charge is -2.25. The van der Waals surface area contributed by atoms with Gasteiger partial charge in [-0.25, -0.2) is 4.79 Å². The predicted molar refractivity (Wildman–Crippen MR) is 64.2 cm³/mol.